The summed E-state index contributed by atoms with van der Waals surface area (Å²) in [6, 6.07) is 5.61. The lowest BCUT2D eigenvalue weighted by Crippen LogP contribution is -2.46. The van der Waals surface area contributed by atoms with Gasteiger partial charge in [0, 0.05) is 17.2 Å². The first-order valence-electron chi connectivity index (χ1n) is 10.3. The van der Waals surface area contributed by atoms with Gasteiger partial charge < -0.3 is 15.4 Å². The van der Waals surface area contributed by atoms with Crippen LogP contribution in [0, 0.1) is 11.8 Å². The fourth-order valence-corrected chi connectivity index (χ4v) is 3.45. The van der Waals surface area contributed by atoms with Crippen molar-refractivity contribution in [2.45, 2.75) is 52.2 Å². The Morgan fingerprint density at radius 1 is 1.16 bits per heavy atom. The number of carbonyl (C=O) groups is 5. The number of imide groups is 1. The molecule has 166 valence electrons. The van der Waals surface area contributed by atoms with Gasteiger partial charge in [-0.15, -0.1) is 0 Å². The molecule has 1 aromatic carbocycles. The van der Waals surface area contributed by atoms with Crippen LogP contribution in [0.1, 0.15) is 50.9 Å². The molecule has 31 heavy (non-hydrogen) atoms. The molecule has 0 aromatic heterocycles. The Balaban J connectivity index is 1.56. The minimum atomic E-state index is -1.10. The van der Waals surface area contributed by atoms with Crippen LogP contribution in [0.3, 0.4) is 0 Å². The predicted molar refractivity (Wildman–Crippen MR) is 111 cm³/mol. The molecule has 2 N–H and O–H groups in total. The molecule has 9 nitrogen and oxygen atoms in total. The maximum atomic E-state index is 12.6. The third-order valence-corrected chi connectivity index (χ3v) is 5.62. The van der Waals surface area contributed by atoms with Gasteiger partial charge in [0.25, 0.3) is 5.91 Å². The van der Waals surface area contributed by atoms with Crippen LogP contribution < -0.4 is 10.6 Å². The number of benzene rings is 1. The smallest absolute Gasteiger partial charge is 0.326 e. The van der Waals surface area contributed by atoms with Crippen molar-refractivity contribution in [1.29, 1.82) is 0 Å². The van der Waals surface area contributed by atoms with Crippen LogP contribution in [-0.4, -0.2) is 52.7 Å². The zero-order valence-corrected chi connectivity index (χ0v) is 18.1. The van der Waals surface area contributed by atoms with Crippen LogP contribution in [-0.2, 0) is 19.1 Å². The highest BCUT2D eigenvalue weighted by molar-refractivity contribution is 6.09. The van der Waals surface area contributed by atoms with Crippen molar-refractivity contribution in [3.05, 3.63) is 29.8 Å². The average Bonchev–Trinajstić information content (AvgIpc) is 3.54. The molecule has 1 heterocycles. The van der Waals surface area contributed by atoms with E-state index in [1.807, 2.05) is 0 Å². The van der Waals surface area contributed by atoms with Gasteiger partial charge in [0.05, 0.1) is 0 Å². The molecule has 4 amide bonds. The van der Waals surface area contributed by atoms with E-state index in [1.54, 1.807) is 32.9 Å². The van der Waals surface area contributed by atoms with Crippen LogP contribution in [0.15, 0.2) is 24.3 Å². The van der Waals surface area contributed by atoms with Gasteiger partial charge in [0.1, 0.15) is 12.1 Å². The number of rotatable bonds is 8. The molecule has 9 heteroatoms. The van der Waals surface area contributed by atoms with Gasteiger partial charge >= 0.3 is 12.0 Å². The second-order valence-corrected chi connectivity index (χ2v) is 8.52. The predicted octanol–water partition coefficient (Wildman–Crippen LogP) is 2.12. The van der Waals surface area contributed by atoms with Crippen molar-refractivity contribution in [2.75, 3.05) is 11.9 Å². The molecule has 1 saturated heterocycles. The first kappa shape index (κ1) is 22.5. The summed E-state index contributed by atoms with van der Waals surface area (Å²) in [4.78, 5) is 62.1. The number of Topliss-reactive ketones (excluding diaryl/α,β-unsaturated/α-hetero) is 1. The quantitative estimate of drug-likeness (QED) is 0.371. The summed E-state index contributed by atoms with van der Waals surface area (Å²) in [5, 5.41) is 5.38. The Labute approximate surface area is 180 Å². The number of amides is 4. The fourth-order valence-electron chi connectivity index (χ4n) is 3.45. The molecule has 0 bridgehead atoms. The molecule has 0 radical (unpaired) electrons. The van der Waals surface area contributed by atoms with Gasteiger partial charge in [-0.05, 0) is 56.9 Å². The Hall–Kier alpha value is -3.23. The minimum Gasteiger partial charge on any atom is -0.453 e. The summed E-state index contributed by atoms with van der Waals surface area (Å²) < 4.78 is 5.16. The molecule has 1 saturated carbocycles. The van der Waals surface area contributed by atoms with Crippen LogP contribution in [0.4, 0.5) is 10.5 Å². The minimum absolute atomic E-state index is 0.0822. The number of ether oxygens (including phenoxy) is 1. The molecule has 2 atom stereocenters. The van der Waals surface area contributed by atoms with E-state index in [-0.39, 0.29) is 17.7 Å². The van der Waals surface area contributed by atoms with Crippen molar-refractivity contribution in [2.24, 2.45) is 11.8 Å². The van der Waals surface area contributed by atoms with Crippen molar-refractivity contribution >= 4 is 35.3 Å². The SMILES string of the molecule is CC(C)C(=O)Nc1ccc(C(=O)C(C)OC(=O)CN2C(=O)NC(C)(C3CC3)C2=O)cc1. The number of urea groups is 1. The average molecular weight is 429 g/mol. The van der Waals surface area contributed by atoms with E-state index in [4.69, 9.17) is 4.74 Å². The standard InChI is InChI=1S/C22H27N3O6/c1-12(2)19(28)23-16-9-5-14(6-10-16)18(27)13(3)31-17(26)11-25-20(29)22(4,15-7-8-15)24-21(25)30/h5-6,9-10,12-13,15H,7-8,11H2,1-4H3,(H,23,28)(H,24,30). The highest BCUT2D eigenvalue weighted by atomic mass is 16.5. The first-order valence-corrected chi connectivity index (χ1v) is 10.3. The molecule has 2 fully saturated rings. The highest BCUT2D eigenvalue weighted by Gasteiger charge is 2.56. The van der Waals surface area contributed by atoms with Gasteiger partial charge in [-0.3, -0.25) is 24.1 Å². The topological polar surface area (TPSA) is 122 Å². The maximum Gasteiger partial charge on any atom is 0.326 e. The Morgan fingerprint density at radius 2 is 1.77 bits per heavy atom. The lowest BCUT2D eigenvalue weighted by atomic mass is 9.96. The monoisotopic (exact) mass is 429 g/mol. The van der Waals surface area contributed by atoms with Crippen molar-refractivity contribution < 1.29 is 28.7 Å². The number of nitrogens with zero attached hydrogens (tertiary/aromatic N) is 1. The van der Waals surface area contributed by atoms with Gasteiger partial charge in [0.15, 0.2) is 6.10 Å². The number of anilines is 1. The van der Waals surface area contributed by atoms with Crippen LogP contribution in [0.5, 0.6) is 0 Å². The molecular formula is C22H27N3O6. The van der Waals surface area contributed by atoms with Crippen LogP contribution in [0.25, 0.3) is 0 Å². The van der Waals surface area contributed by atoms with Crippen molar-refractivity contribution in [3.63, 3.8) is 0 Å². The highest BCUT2D eigenvalue weighted by Crippen LogP contribution is 2.42. The number of hydrogen-bond donors (Lipinski definition) is 2. The van der Waals surface area contributed by atoms with E-state index in [0.29, 0.717) is 11.3 Å². The summed E-state index contributed by atoms with van der Waals surface area (Å²) in [6.07, 6.45) is 0.609. The number of carbonyl (C=O) groups excluding carboxylic acids is 5. The van der Waals surface area contributed by atoms with E-state index in [2.05, 4.69) is 10.6 Å². The molecule has 1 aromatic rings. The van der Waals surface area contributed by atoms with Crippen LogP contribution in [0.2, 0.25) is 0 Å². The number of nitrogens with one attached hydrogen (secondary N) is 2. The van der Waals surface area contributed by atoms with E-state index < -0.39 is 41.9 Å². The molecule has 3 rings (SSSR count). The zero-order valence-electron chi connectivity index (χ0n) is 18.1. The number of ketones is 1. The second-order valence-electron chi connectivity index (χ2n) is 8.52. The van der Waals surface area contributed by atoms with Gasteiger partial charge in [0.2, 0.25) is 11.7 Å². The zero-order chi connectivity index (χ0) is 22.9. The molecule has 2 aliphatic rings. The summed E-state index contributed by atoms with van der Waals surface area (Å²) >= 11 is 0. The van der Waals surface area contributed by atoms with E-state index in [0.717, 1.165) is 17.7 Å². The summed E-state index contributed by atoms with van der Waals surface area (Å²) in [5.41, 5.74) is -0.123. The van der Waals surface area contributed by atoms with Crippen molar-refractivity contribution in [1.82, 2.24) is 10.2 Å². The second kappa shape index (κ2) is 8.49. The number of esters is 1. The molecule has 1 aliphatic heterocycles. The number of hydrogen-bond acceptors (Lipinski definition) is 6. The first-order chi connectivity index (χ1) is 14.5. The molecule has 2 unspecified atom stereocenters. The van der Waals surface area contributed by atoms with Gasteiger partial charge in [-0.25, -0.2) is 4.79 Å². The van der Waals surface area contributed by atoms with E-state index >= 15 is 0 Å². The summed E-state index contributed by atoms with van der Waals surface area (Å²) in [6.45, 7) is 6.08. The third kappa shape index (κ3) is 4.76. The molecule has 0 spiro atoms. The molecular weight excluding hydrogens is 402 g/mol. The lowest BCUT2D eigenvalue weighted by Gasteiger charge is -2.21. The molecule has 1 aliphatic carbocycles. The summed E-state index contributed by atoms with van der Waals surface area (Å²) in [5.74, 6) is -1.96. The Morgan fingerprint density at radius 3 is 2.32 bits per heavy atom. The summed E-state index contributed by atoms with van der Waals surface area (Å²) in [7, 11) is 0. The Bertz CT molecular complexity index is 922. The third-order valence-electron chi connectivity index (χ3n) is 5.62. The Kier molecular flexibility index (Phi) is 6.15. The maximum absolute atomic E-state index is 12.6. The normalized spacial score (nSPS) is 21.6. The van der Waals surface area contributed by atoms with E-state index in [1.165, 1.54) is 19.1 Å². The van der Waals surface area contributed by atoms with Crippen LogP contribution >= 0.6 is 0 Å². The van der Waals surface area contributed by atoms with E-state index in [9.17, 15) is 24.0 Å². The van der Waals surface area contributed by atoms with Gasteiger partial charge in [-0.1, -0.05) is 13.8 Å². The largest absolute Gasteiger partial charge is 0.453 e. The van der Waals surface area contributed by atoms with Gasteiger partial charge in [-0.2, -0.15) is 0 Å². The van der Waals surface area contributed by atoms with Crippen molar-refractivity contribution in [3.8, 4) is 0 Å². The fraction of sp³-hybridized carbons (Fsp3) is 0.500. The lowest BCUT2D eigenvalue weighted by molar-refractivity contribution is -0.150.